The summed E-state index contributed by atoms with van der Waals surface area (Å²) in [5, 5.41) is 3.56. The van der Waals surface area contributed by atoms with Crippen LogP contribution < -0.4 is 5.32 Å². The lowest BCUT2D eigenvalue weighted by Crippen LogP contribution is -2.39. The van der Waals surface area contributed by atoms with Crippen LogP contribution in [0.15, 0.2) is 18.2 Å². The van der Waals surface area contributed by atoms with Crippen LogP contribution in [0.25, 0.3) is 0 Å². The average Bonchev–Trinajstić information content (AvgIpc) is 2.19. The van der Waals surface area contributed by atoms with Gasteiger partial charge in [0.1, 0.15) is 0 Å². The van der Waals surface area contributed by atoms with E-state index < -0.39 is 0 Å². The molecule has 0 heterocycles. The summed E-state index contributed by atoms with van der Waals surface area (Å²) in [4.78, 5) is 0. The Balaban J connectivity index is 2.63. The molecule has 0 bridgehead atoms. The van der Waals surface area contributed by atoms with Crippen molar-refractivity contribution in [2.45, 2.75) is 46.2 Å². The van der Waals surface area contributed by atoms with Crippen molar-refractivity contribution in [2.75, 3.05) is 5.88 Å². The Morgan fingerprint density at radius 2 is 1.94 bits per heavy atom. The first-order valence-electron chi connectivity index (χ1n) is 5.82. The Morgan fingerprint density at radius 1 is 1.25 bits per heavy atom. The zero-order chi connectivity index (χ0) is 12.2. The highest BCUT2D eigenvalue weighted by Crippen LogP contribution is 2.14. The molecule has 1 nitrogen and oxygen atoms in total. The molecule has 2 heteroatoms. The summed E-state index contributed by atoms with van der Waals surface area (Å²) in [6, 6.07) is 6.59. The molecule has 0 aliphatic carbocycles. The Hall–Kier alpha value is -0.530. The van der Waals surface area contributed by atoms with Gasteiger partial charge in [0.2, 0.25) is 0 Å². The lowest BCUT2D eigenvalue weighted by atomic mass is 10.00. The smallest absolute Gasteiger partial charge is 0.0240 e. The summed E-state index contributed by atoms with van der Waals surface area (Å²) in [5.74, 6) is 0.701. The maximum Gasteiger partial charge on any atom is 0.0240 e. The first kappa shape index (κ1) is 13.5. The van der Waals surface area contributed by atoms with Crippen molar-refractivity contribution in [3.05, 3.63) is 34.9 Å². The van der Waals surface area contributed by atoms with Gasteiger partial charge < -0.3 is 5.32 Å². The number of alkyl halides is 1. The number of hydrogen-bond acceptors (Lipinski definition) is 1. The number of nitrogens with one attached hydrogen (secondary N) is 1. The number of benzene rings is 1. The Labute approximate surface area is 104 Å². The fourth-order valence-corrected chi connectivity index (χ4v) is 2.12. The molecule has 0 aromatic heterocycles. The zero-order valence-corrected chi connectivity index (χ0v) is 11.5. The highest BCUT2D eigenvalue weighted by molar-refractivity contribution is 6.17. The third-order valence-corrected chi connectivity index (χ3v) is 3.17. The van der Waals surface area contributed by atoms with Gasteiger partial charge in [0.25, 0.3) is 0 Å². The number of hydrogen-bond donors (Lipinski definition) is 1. The lowest BCUT2D eigenvalue weighted by molar-refractivity contribution is 0.376. The van der Waals surface area contributed by atoms with E-state index in [9.17, 15) is 0 Å². The molecule has 0 saturated carbocycles. The van der Waals surface area contributed by atoms with Gasteiger partial charge in [-0.05, 0) is 45.2 Å². The average molecular weight is 240 g/mol. The Morgan fingerprint density at radius 3 is 2.56 bits per heavy atom. The van der Waals surface area contributed by atoms with E-state index in [1.54, 1.807) is 0 Å². The summed E-state index contributed by atoms with van der Waals surface area (Å²) in [7, 11) is 0. The zero-order valence-electron chi connectivity index (χ0n) is 10.7. The molecule has 0 atom stereocenters. The van der Waals surface area contributed by atoms with Crippen molar-refractivity contribution in [3.63, 3.8) is 0 Å². The van der Waals surface area contributed by atoms with Crippen LogP contribution >= 0.6 is 11.6 Å². The van der Waals surface area contributed by atoms with Gasteiger partial charge in [-0.15, -0.1) is 11.6 Å². The summed E-state index contributed by atoms with van der Waals surface area (Å²) in [5.41, 5.74) is 4.15. The van der Waals surface area contributed by atoms with Crippen LogP contribution in [-0.2, 0) is 6.54 Å². The first-order valence-corrected chi connectivity index (χ1v) is 6.35. The molecule has 1 aromatic rings. The molecule has 1 N–H and O–H groups in total. The van der Waals surface area contributed by atoms with Gasteiger partial charge in [-0.25, -0.2) is 0 Å². The molecule has 1 rings (SSSR count). The minimum absolute atomic E-state index is 0.109. The minimum atomic E-state index is 0.109. The van der Waals surface area contributed by atoms with Gasteiger partial charge >= 0.3 is 0 Å². The van der Waals surface area contributed by atoms with Gasteiger partial charge in [0, 0.05) is 18.0 Å². The SMILES string of the molecule is Cc1ccc(C)c(CNC(C)(C)CCCl)c1. The Bertz CT molecular complexity index is 345. The van der Waals surface area contributed by atoms with Crippen molar-refractivity contribution < 1.29 is 0 Å². The van der Waals surface area contributed by atoms with Crippen LogP contribution in [0, 0.1) is 13.8 Å². The molecule has 90 valence electrons. The summed E-state index contributed by atoms with van der Waals surface area (Å²) < 4.78 is 0. The molecule has 0 fully saturated rings. The minimum Gasteiger partial charge on any atom is -0.308 e. The lowest BCUT2D eigenvalue weighted by Gasteiger charge is -2.26. The largest absolute Gasteiger partial charge is 0.308 e. The molecule has 0 aliphatic heterocycles. The third-order valence-electron chi connectivity index (χ3n) is 2.98. The second-order valence-corrected chi connectivity index (χ2v) is 5.48. The molecule has 0 unspecified atom stereocenters. The predicted octanol–water partition coefficient (Wildman–Crippen LogP) is 3.80. The van der Waals surface area contributed by atoms with E-state index in [4.69, 9.17) is 11.6 Å². The highest BCUT2D eigenvalue weighted by atomic mass is 35.5. The summed E-state index contributed by atoms with van der Waals surface area (Å²) in [6.45, 7) is 9.59. The van der Waals surface area contributed by atoms with Crippen molar-refractivity contribution in [2.24, 2.45) is 0 Å². The molecule has 0 saturated heterocycles. The van der Waals surface area contributed by atoms with Crippen LogP contribution in [0.2, 0.25) is 0 Å². The van der Waals surface area contributed by atoms with E-state index in [-0.39, 0.29) is 5.54 Å². The second-order valence-electron chi connectivity index (χ2n) is 5.11. The quantitative estimate of drug-likeness (QED) is 0.771. The fraction of sp³-hybridized carbons (Fsp3) is 0.571. The molecule has 0 amide bonds. The molecule has 0 spiro atoms. The van der Waals surface area contributed by atoms with E-state index in [2.05, 4.69) is 51.2 Å². The topological polar surface area (TPSA) is 12.0 Å². The number of aryl methyl sites for hydroxylation is 2. The van der Waals surface area contributed by atoms with E-state index in [1.165, 1.54) is 16.7 Å². The summed E-state index contributed by atoms with van der Waals surface area (Å²) in [6.07, 6.45) is 0.986. The van der Waals surface area contributed by atoms with Crippen molar-refractivity contribution in [1.29, 1.82) is 0 Å². The standard InChI is InChI=1S/C14H22ClN/c1-11-5-6-12(2)13(9-11)10-16-14(3,4)7-8-15/h5-6,9,16H,7-8,10H2,1-4H3. The maximum atomic E-state index is 5.78. The number of halogens is 1. The molecule has 0 radical (unpaired) electrons. The van der Waals surface area contributed by atoms with Crippen LogP contribution in [0.3, 0.4) is 0 Å². The van der Waals surface area contributed by atoms with Gasteiger partial charge in [-0.1, -0.05) is 23.8 Å². The van der Waals surface area contributed by atoms with Crippen LogP contribution in [0.1, 0.15) is 37.0 Å². The monoisotopic (exact) mass is 239 g/mol. The maximum absolute atomic E-state index is 5.78. The first-order chi connectivity index (χ1) is 7.44. The van der Waals surface area contributed by atoms with Gasteiger partial charge in [-0.2, -0.15) is 0 Å². The third kappa shape index (κ3) is 4.15. The molecular formula is C14H22ClN. The van der Waals surface area contributed by atoms with Crippen molar-refractivity contribution >= 4 is 11.6 Å². The van der Waals surface area contributed by atoms with E-state index in [0.717, 1.165) is 13.0 Å². The fourth-order valence-electron chi connectivity index (χ4n) is 1.65. The van der Waals surface area contributed by atoms with Crippen molar-refractivity contribution in [3.8, 4) is 0 Å². The Kier molecular flexibility index (Phi) is 4.82. The van der Waals surface area contributed by atoms with Crippen LogP contribution in [-0.4, -0.2) is 11.4 Å². The van der Waals surface area contributed by atoms with Crippen LogP contribution in [0.4, 0.5) is 0 Å². The van der Waals surface area contributed by atoms with E-state index in [1.807, 2.05) is 0 Å². The van der Waals surface area contributed by atoms with Gasteiger partial charge in [0.05, 0.1) is 0 Å². The van der Waals surface area contributed by atoms with E-state index >= 15 is 0 Å². The molecule has 0 aliphatic rings. The number of rotatable bonds is 5. The van der Waals surface area contributed by atoms with E-state index in [0.29, 0.717) is 5.88 Å². The second kappa shape index (κ2) is 5.70. The highest BCUT2D eigenvalue weighted by Gasteiger charge is 2.15. The van der Waals surface area contributed by atoms with Crippen molar-refractivity contribution in [1.82, 2.24) is 5.32 Å². The van der Waals surface area contributed by atoms with Gasteiger partial charge in [-0.3, -0.25) is 0 Å². The van der Waals surface area contributed by atoms with Gasteiger partial charge in [0.15, 0.2) is 0 Å². The van der Waals surface area contributed by atoms with Crippen LogP contribution in [0.5, 0.6) is 0 Å². The molecule has 16 heavy (non-hydrogen) atoms. The molecule has 1 aromatic carbocycles. The normalized spacial score (nSPS) is 11.8. The summed E-state index contributed by atoms with van der Waals surface area (Å²) >= 11 is 5.78. The predicted molar refractivity (Wildman–Crippen MR) is 72.2 cm³/mol. The molecular weight excluding hydrogens is 218 g/mol.